The van der Waals surface area contributed by atoms with Crippen LogP contribution in [0.3, 0.4) is 0 Å². The lowest BCUT2D eigenvalue weighted by molar-refractivity contribution is 0.339. The molecule has 0 amide bonds. The predicted molar refractivity (Wildman–Crippen MR) is 65.4 cm³/mol. The monoisotopic (exact) mass is 199 g/mol. The highest BCUT2D eigenvalue weighted by Crippen LogP contribution is 2.19. The molecule has 0 aliphatic heterocycles. The van der Waals surface area contributed by atoms with E-state index in [1.165, 1.54) is 38.5 Å². The smallest absolute Gasteiger partial charge is 0.00670 e. The first-order valence-electron chi connectivity index (χ1n) is 6.37. The fourth-order valence-corrected chi connectivity index (χ4v) is 2.04. The Balaban J connectivity index is 3.63. The van der Waals surface area contributed by atoms with Gasteiger partial charge in [-0.15, -0.1) is 0 Å². The lowest BCUT2D eigenvalue weighted by atomic mass is 9.88. The third kappa shape index (κ3) is 6.42. The standard InChI is InChI=1S/C13H29N/c1-5-7-9-11(3)10-13(14)12(4)8-6-2/h11-13H,5-10,14H2,1-4H3. The largest absolute Gasteiger partial charge is 0.327 e. The van der Waals surface area contributed by atoms with Crippen molar-refractivity contribution in [2.75, 3.05) is 0 Å². The summed E-state index contributed by atoms with van der Waals surface area (Å²) in [6.45, 7) is 9.13. The van der Waals surface area contributed by atoms with Crippen LogP contribution in [0.15, 0.2) is 0 Å². The Kier molecular flexibility index (Phi) is 8.26. The summed E-state index contributed by atoms with van der Waals surface area (Å²) in [5.41, 5.74) is 6.18. The number of rotatable bonds is 8. The van der Waals surface area contributed by atoms with Gasteiger partial charge in [0.1, 0.15) is 0 Å². The first kappa shape index (κ1) is 14.0. The van der Waals surface area contributed by atoms with Crippen LogP contribution in [-0.2, 0) is 0 Å². The molecule has 0 aromatic carbocycles. The van der Waals surface area contributed by atoms with E-state index in [1.54, 1.807) is 0 Å². The first-order chi connectivity index (χ1) is 6.61. The zero-order chi connectivity index (χ0) is 11.0. The SMILES string of the molecule is CCCCC(C)CC(N)C(C)CCC. The van der Waals surface area contributed by atoms with E-state index in [4.69, 9.17) is 5.73 Å². The molecular weight excluding hydrogens is 170 g/mol. The van der Waals surface area contributed by atoms with E-state index in [0.29, 0.717) is 12.0 Å². The molecule has 0 aromatic heterocycles. The maximum Gasteiger partial charge on any atom is 0.00670 e. The van der Waals surface area contributed by atoms with Crippen LogP contribution in [0.25, 0.3) is 0 Å². The Hall–Kier alpha value is -0.0400. The summed E-state index contributed by atoms with van der Waals surface area (Å²) in [5, 5.41) is 0. The predicted octanol–water partition coefficient (Wildman–Crippen LogP) is 3.97. The third-order valence-electron chi connectivity index (χ3n) is 3.20. The van der Waals surface area contributed by atoms with Gasteiger partial charge in [-0.05, 0) is 24.7 Å². The number of hydrogen-bond donors (Lipinski definition) is 1. The summed E-state index contributed by atoms with van der Waals surface area (Å²) in [7, 11) is 0. The lowest BCUT2D eigenvalue weighted by Gasteiger charge is -2.22. The molecule has 2 N–H and O–H groups in total. The molecule has 1 nitrogen and oxygen atoms in total. The van der Waals surface area contributed by atoms with Gasteiger partial charge in [0.25, 0.3) is 0 Å². The fourth-order valence-electron chi connectivity index (χ4n) is 2.04. The number of unbranched alkanes of at least 4 members (excludes halogenated alkanes) is 1. The molecule has 0 fully saturated rings. The molecule has 0 aliphatic rings. The average Bonchev–Trinajstić information content (AvgIpc) is 2.15. The van der Waals surface area contributed by atoms with Gasteiger partial charge in [-0.1, -0.05) is 53.4 Å². The maximum absolute atomic E-state index is 6.18. The van der Waals surface area contributed by atoms with E-state index >= 15 is 0 Å². The quantitative estimate of drug-likeness (QED) is 0.629. The Morgan fingerprint density at radius 2 is 1.64 bits per heavy atom. The van der Waals surface area contributed by atoms with Gasteiger partial charge in [-0.2, -0.15) is 0 Å². The molecule has 0 saturated carbocycles. The Bertz CT molecular complexity index is 122. The molecule has 0 heterocycles. The molecule has 0 radical (unpaired) electrons. The van der Waals surface area contributed by atoms with Gasteiger partial charge in [0.15, 0.2) is 0 Å². The van der Waals surface area contributed by atoms with Crippen LogP contribution in [0, 0.1) is 11.8 Å². The minimum absolute atomic E-state index is 0.418. The van der Waals surface area contributed by atoms with Crippen molar-refractivity contribution in [1.29, 1.82) is 0 Å². The van der Waals surface area contributed by atoms with Crippen LogP contribution in [-0.4, -0.2) is 6.04 Å². The Labute approximate surface area is 90.5 Å². The fraction of sp³-hybridized carbons (Fsp3) is 1.00. The molecule has 0 aromatic rings. The van der Waals surface area contributed by atoms with Gasteiger partial charge in [0.2, 0.25) is 0 Å². The van der Waals surface area contributed by atoms with Gasteiger partial charge in [0, 0.05) is 6.04 Å². The van der Waals surface area contributed by atoms with Gasteiger partial charge in [-0.3, -0.25) is 0 Å². The topological polar surface area (TPSA) is 26.0 Å². The van der Waals surface area contributed by atoms with Gasteiger partial charge in [-0.25, -0.2) is 0 Å². The summed E-state index contributed by atoms with van der Waals surface area (Å²) in [6.07, 6.45) is 7.77. The molecular formula is C13H29N. The molecule has 14 heavy (non-hydrogen) atoms. The van der Waals surface area contributed by atoms with Gasteiger partial charge in [0.05, 0.1) is 0 Å². The first-order valence-corrected chi connectivity index (χ1v) is 6.37. The zero-order valence-electron chi connectivity index (χ0n) is 10.6. The molecule has 0 aliphatic carbocycles. The van der Waals surface area contributed by atoms with Crippen LogP contribution in [0.4, 0.5) is 0 Å². The van der Waals surface area contributed by atoms with Gasteiger partial charge >= 0.3 is 0 Å². The van der Waals surface area contributed by atoms with Crippen LogP contribution in [0.2, 0.25) is 0 Å². The van der Waals surface area contributed by atoms with E-state index in [-0.39, 0.29) is 0 Å². The third-order valence-corrected chi connectivity index (χ3v) is 3.20. The van der Waals surface area contributed by atoms with Crippen LogP contribution in [0.1, 0.15) is 66.2 Å². The van der Waals surface area contributed by atoms with Crippen molar-refractivity contribution >= 4 is 0 Å². The van der Waals surface area contributed by atoms with E-state index < -0.39 is 0 Å². The summed E-state index contributed by atoms with van der Waals surface area (Å²) < 4.78 is 0. The molecule has 3 atom stereocenters. The number of hydrogen-bond acceptors (Lipinski definition) is 1. The molecule has 0 rings (SSSR count). The second kappa shape index (κ2) is 8.28. The minimum atomic E-state index is 0.418. The Morgan fingerprint density at radius 3 is 2.14 bits per heavy atom. The summed E-state index contributed by atoms with van der Waals surface area (Å²) in [4.78, 5) is 0. The van der Waals surface area contributed by atoms with E-state index in [0.717, 1.165) is 5.92 Å². The minimum Gasteiger partial charge on any atom is -0.327 e. The second-order valence-corrected chi connectivity index (χ2v) is 4.91. The summed E-state index contributed by atoms with van der Waals surface area (Å²) in [5.74, 6) is 1.51. The van der Waals surface area contributed by atoms with Crippen molar-refractivity contribution in [2.45, 2.75) is 72.3 Å². The van der Waals surface area contributed by atoms with Crippen molar-refractivity contribution in [3.05, 3.63) is 0 Å². The van der Waals surface area contributed by atoms with E-state index in [2.05, 4.69) is 27.7 Å². The van der Waals surface area contributed by atoms with Crippen LogP contribution < -0.4 is 5.73 Å². The van der Waals surface area contributed by atoms with Crippen molar-refractivity contribution in [1.82, 2.24) is 0 Å². The van der Waals surface area contributed by atoms with E-state index in [9.17, 15) is 0 Å². The highest BCUT2D eigenvalue weighted by Gasteiger charge is 2.14. The van der Waals surface area contributed by atoms with Crippen LogP contribution in [0.5, 0.6) is 0 Å². The molecule has 0 bridgehead atoms. The lowest BCUT2D eigenvalue weighted by Crippen LogP contribution is -2.30. The van der Waals surface area contributed by atoms with E-state index in [1.807, 2.05) is 0 Å². The highest BCUT2D eigenvalue weighted by atomic mass is 14.6. The zero-order valence-corrected chi connectivity index (χ0v) is 10.6. The van der Waals surface area contributed by atoms with Gasteiger partial charge < -0.3 is 5.73 Å². The number of nitrogens with two attached hydrogens (primary N) is 1. The van der Waals surface area contributed by atoms with Crippen LogP contribution >= 0.6 is 0 Å². The molecule has 0 spiro atoms. The van der Waals surface area contributed by atoms with Crippen molar-refractivity contribution in [2.24, 2.45) is 17.6 Å². The normalized spacial score (nSPS) is 17.8. The molecule has 3 unspecified atom stereocenters. The van der Waals surface area contributed by atoms with Crippen molar-refractivity contribution < 1.29 is 0 Å². The Morgan fingerprint density at radius 1 is 1.00 bits per heavy atom. The molecule has 86 valence electrons. The summed E-state index contributed by atoms with van der Waals surface area (Å²) in [6, 6.07) is 0.418. The van der Waals surface area contributed by atoms with Crippen molar-refractivity contribution in [3.63, 3.8) is 0 Å². The molecule has 0 saturated heterocycles. The summed E-state index contributed by atoms with van der Waals surface area (Å²) >= 11 is 0. The second-order valence-electron chi connectivity index (χ2n) is 4.91. The molecule has 1 heteroatoms. The highest BCUT2D eigenvalue weighted by molar-refractivity contribution is 4.71. The maximum atomic E-state index is 6.18. The average molecular weight is 199 g/mol. The van der Waals surface area contributed by atoms with Crippen molar-refractivity contribution in [3.8, 4) is 0 Å².